The lowest BCUT2D eigenvalue weighted by Gasteiger charge is -2.02. The summed E-state index contributed by atoms with van der Waals surface area (Å²) in [5.41, 5.74) is 1.01. The number of methoxy groups -OCH3 is 1. The molecule has 82 valence electrons. The van der Waals surface area contributed by atoms with Crippen LogP contribution < -0.4 is 4.74 Å². The molecule has 0 spiro atoms. The van der Waals surface area contributed by atoms with E-state index in [0.29, 0.717) is 12.2 Å². The molecule has 2 rings (SSSR count). The fraction of sp³-hybridized carbons (Fsp3) is 0.200. The summed E-state index contributed by atoms with van der Waals surface area (Å²) >= 11 is 5.74. The first-order valence-electron chi connectivity index (χ1n) is 4.61. The predicted octanol–water partition coefficient (Wildman–Crippen LogP) is 1.52. The van der Waals surface area contributed by atoms with Gasteiger partial charge in [0.1, 0.15) is 5.82 Å². The maximum atomic E-state index is 5.74. The number of hydrogen-bond donors (Lipinski definition) is 0. The van der Waals surface area contributed by atoms with E-state index >= 15 is 0 Å². The maximum Gasteiger partial charge on any atom is 0.320 e. The molecule has 5 nitrogen and oxygen atoms in total. The summed E-state index contributed by atoms with van der Waals surface area (Å²) in [6, 6.07) is 4.02. The van der Waals surface area contributed by atoms with E-state index in [9.17, 15) is 0 Å². The SMILES string of the molecule is COc1nc(Cl)nc(Cc2cccnc2)n1. The van der Waals surface area contributed by atoms with Crippen molar-refractivity contribution in [3.05, 3.63) is 41.2 Å². The van der Waals surface area contributed by atoms with Crippen molar-refractivity contribution in [1.82, 2.24) is 19.9 Å². The Labute approximate surface area is 97.5 Å². The molecule has 2 aromatic heterocycles. The number of halogens is 1. The van der Waals surface area contributed by atoms with Crippen molar-refractivity contribution in [1.29, 1.82) is 0 Å². The third-order valence-corrected chi connectivity index (χ3v) is 2.07. The molecule has 0 aliphatic rings. The fourth-order valence-electron chi connectivity index (χ4n) is 1.23. The number of nitrogens with zero attached hydrogens (tertiary/aromatic N) is 4. The van der Waals surface area contributed by atoms with Gasteiger partial charge in [-0.15, -0.1) is 0 Å². The van der Waals surface area contributed by atoms with Gasteiger partial charge in [-0.25, -0.2) is 4.98 Å². The zero-order chi connectivity index (χ0) is 11.4. The van der Waals surface area contributed by atoms with Crippen LogP contribution in [0.1, 0.15) is 11.4 Å². The zero-order valence-electron chi connectivity index (χ0n) is 8.59. The zero-order valence-corrected chi connectivity index (χ0v) is 9.35. The van der Waals surface area contributed by atoms with Crippen molar-refractivity contribution >= 4 is 11.6 Å². The molecule has 0 bridgehead atoms. The highest BCUT2D eigenvalue weighted by Gasteiger charge is 2.05. The van der Waals surface area contributed by atoms with Crippen LogP contribution in [-0.4, -0.2) is 27.0 Å². The van der Waals surface area contributed by atoms with Crippen LogP contribution in [0, 0.1) is 0 Å². The Morgan fingerprint density at radius 3 is 2.88 bits per heavy atom. The summed E-state index contributed by atoms with van der Waals surface area (Å²) < 4.78 is 4.91. The van der Waals surface area contributed by atoms with Gasteiger partial charge in [0, 0.05) is 18.8 Å². The fourth-order valence-corrected chi connectivity index (χ4v) is 1.40. The summed E-state index contributed by atoms with van der Waals surface area (Å²) in [4.78, 5) is 15.9. The summed E-state index contributed by atoms with van der Waals surface area (Å²) in [5, 5.41) is 0.130. The van der Waals surface area contributed by atoms with Crippen molar-refractivity contribution in [2.45, 2.75) is 6.42 Å². The number of pyridine rings is 1. The Bertz CT molecular complexity index is 478. The van der Waals surface area contributed by atoms with Crippen molar-refractivity contribution in [3.63, 3.8) is 0 Å². The monoisotopic (exact) mass is 236 g/mol. The van der Waals surface area contributed by atoms with Gasteiger partial charge >= 0.3 is 6.01 Å². The molecule has 0 aromatic carbocycles. The second kappa shape index (κ2) is 4.85. The molecule has 0 aliphatic carbocycles. The second-order valence-electron chi connectivity index (χ2n) is 3.05. The molecule has 2 heterocycles. The minimum Gasteiger partial charge on any atom is -0.467 e. The maximum absolute atomic E-state index is 5.74. The highest BCUT2D eigenvalue weighted by atomic mass is 35.5. The average Bonchev–Trinajstić information content (AvgIpc) is 2.29. The molecule has 6 heteroatoms. The molecule has 2 aromatic rings. The first kappa shape index (κ1) is 10.8. The van der Waals surface area contributed by atoms with Gasteiger partial charge in [-0.2, -0.15) is 9.97 Å². The third kappa shape index (κ3) is 2.64. The molecule has 0 aliphatic heterocycles. The van der Waals surface area contributed by atoms with Crippen LogP contribution in [-0.2, 0) is 6.42 Å². The minimum absolute atomic E-state index is 0.130. The summed E-state index contributed by atoms with van der Waals surface area (Å²) in [6.45, 7) is 0. The quantitative estimate of drug-likeness (QED) is 0.809. The van der Waals surface area contributed by atoms with Crippen molar-refractivity contribution in [3.8, 4) is 6.01 Å². The number of rotatable bonds is 3. The van der Waals surface area contributed by atoms with Crippen LogP contribution in [0.5, 0.6) is 6.01 Å². The number of hydrogen-bond acceptors (Lipinski definition) is 5. The molecule has 0 fully saturated rings. The van der Waals surface area contributed by atoms with Crippen molar-refractivity contribution < 1.29 is 4.74 Å². The van der Waals surface area contributed by atoms with Gasteiger partial charge in [-0.1, -0.05) is 6.07 Å². The molecule has 0 radical (unpaired) electrons. The van der Waals surface area contributed by atoms with Crippen molar-refractivity contribution in [2.24, 2.45) is 0 Å². The Morgan fingerprint density at radius 1 is 1.31 bits per heavy atom. The van der Waals surface area contributed by atoms with Crippen LogP contribution in [0.2, 0.25) is 5.28 Å². The molecule has 0 amide bonds. The van der Waals surface area contributed by atoms with Crippen LogP contribution in [0.25, 0.3) is 0 Å². The van der Waals surface area contributed by atoms with E-state index in [-0.39, 0.29) is 11.3 Å². The highest BCUT2D eigenvalue weighted by Crippen LogP contribution is 2.10. The van der Waals surface area contributed by atoms with E-state index in [0.717, 1.165) is 5.56 Å². The van der Waals surface area contributed by atoms with Gasteiger partial charge in [0.2, 0.25) is 5.28 Å². The van der Waals surface area contributed by atoms with E-state index in [1.165, 1.54) is 7.11 Å². The molecule has 0 N–H and O–H groups in total. The Hall–Kier alpha value is -1.75. The Kier molecular flexibility index (Phi) is 3.26. The van der Waals surface area contributed by atoms with E-state index < -0.39 is 0 Å². The lowest BCUT2D eigenvalue weighted by molar-refractivity contribution is 0.376. The summed E-state index contributed by atoms with van der Waals surface area (Å²) in [5.74, 6) is 0.560. The standard InChI is InChI=1S/C10H9ClN4O/c1-16-10-14-8(13-9(11)15-10)5-7-3-2-4-12-6-7/h2-4,6H,5H2,1H3. The molecule has 0 atom stereocenters. The van der Waals surface area contributed by atoms with Crippen LogP contribution >= 0.6 is 11.6 Å². The van der Waals surface area contributed by atoms with Gasteiger partial charge < -0.3 is 4.74 Å². The summed E-state index contributed by atoms with van der Waals surface area (Å²) in [7, 11) is 1.49. The molecule has 0 saturated carbocycles. The lowest BCUT2D eigenvalue weighted by Crippen LogP contribution is -2.02. The van der Waals surface area contributed by atoms with E-state index in [4.69, 9.17) is 16.3 Å². The van der Waals surface area contributed by atoms with E-state index in [2.05, 4.69) is 19.9 Å². The minimum atomic E-state index is 0.130. The summed E-state index contributed by atoms with van der Waals surface area (Å²) in [6.07, 6.45) is 4.01. The highest BCUT2D eigenvalue weighted by molar-refractivity contribution is 6.28. The smallest absolute Gasteiger partial charge is 0.320 e. The largest absolute Gasteiger partial charge is 0.467 e. The predicted molar refractivity (Wildman–Crippen MR) is 58.4 cm³/mol. The van der Waals surface area contributed by atoms with Crippen LogP contribution in [0.15, 0.2) is 24.5 Å². The molecular weight excluding hydrogens is 228 g/mol. The normalized spacial score (nSPS) is 10.1. The Morgan fingerprint density at radius 2 is 2.19 bits per heavy atom. The van der Waals surface area contributed by atoms with E-state index in [1.54, 1.807) is 12.4 Å². The second-order valence-corrected chi connectivity index (χ2v) is 3.38. The van der Waals surface area contributed by atoms with Crippen LogP contribution in [0.4, 0.5) is 0 Å². The first-order chi connectivity index (χ1) is 7.78. The van der Waals surface area contributed by atoms with Gasteiger partial charge in [0.05, 0.1) is 7.11 Å². The van der Waals surface area contributed by atoms with Crippen molar-refractivity contribution in [2.75, 3.05) is 7.11 Å². The topological polar surface area (TPSA) is 60.8 Å². The third-order valence-electron chi connectivity index (χ3n) is 1.90. The van der Waals surface area contributed by atoms with Gasteiger partial charge in [-0.05, 0) is 23.2 Å². The average molecular weight is 237 g/mol. The Balaban J connectivity index is 2.24. The molecule has 0 saturated heterocycles. The lowest BCUT2D eigenvalue weighted by atomic mass is 10.2. The number of aromatic nitrogens is 4. The van der Waals surface area contributed by atoms with Gasteiger partial charge in [-0.3, -0.25) is 4.98 Å². The molecular formula is C10H9ClN4O. The first-order valence-corrected chi connectivity index (χ1v) is 4.99. The van der Waals surface area contributed by atoms with Gasteiger partial charge in [0.15, 0.2) is 0 Å². The molecule has 16 heavy (non-hydrogen) atoms. The molecule has 0 unspecified atom stereocenters. The number of ether oxygens (including phenoxy) is 1. The van der Waals surface area contributed by atoms with Gasteiger partial charge in [0.25, 0.3) is 0 Å². The van der Waals surface area contributed by atoms with Crippen LogP contribution in [0.3, 0.4) is 0 Å². The van der Waals surface area contributed by atoms with E-state index in [1.807, 2.05) is 12.1 Å².